The van der Waals surface area contributed by atoms with Crippen molar-refractivity contribution in [3.63, 3.8) is 0 Å². The molecule has 19 heavy (non-hydrogen) atoms. The first-order valence-corrected chi connectivity index (χ1v) is 7.51. The third-order valence-corrected chi connectivity index (χ3v) is 4.78. The van der Waals surface area contributed by atoms with Gasteiger partial charge in [0.1, 0.15) is 5.82 Å². The fourth-order valence-electron chi connectivity index (χ4n) is 3.34. The van der Waals surface area contributed by atoms with Gasteiger partial charge in [-0.2, -0.15) is 0 Å². The van der Waals surface area contributed by atoms with Crippen molar-refractivity contribution in [3.8, 4) is 0 Å². The molecule has 2 nitrogen and oxygen atoms in total. The number of nitrogens with zero attached hydrogens (tertiary/aromatic N) is 1. The van der Waals surface area contributed by atoms with Crippen LogP contribution in [0.15, 0.2) is 18.2 Å². The van der Waals surface area contributed by atoms with Crippen molar-refractivity contribution in [3.05, 3.63) is 34.6 Å². The van der Waals surface area contributed by atoms with Gasteiger partial charge in [-0.25, -0.2) is 4.39 Å². The van der Waals surface area contributed by atoms with E-state index in [9.17, 15) is 4.39 Å². The summed E-state index contributed by atoms with van der Waals surface area (Å²) in [7, 11) is 0. The second kappa shape index (κ2) is 5.78. The summed E-state index contributed by atoms with van der Waals surface area (Å²) in [5.41, 5.74) is 0.857. The molecule has 3 rings (SSSR count). The summed E-state index contributed by atoms with van der Waals surface area (Å²) >= 11 is 6.09. The average Bonchev–Trinajstić information content (AvgIpc) is 2.87. The smallest absolute Gasteiger partial charge is 0.123 e. The van der Waals surface area contributed by atoms with Gasteiger partial charge in [-0.3, -0.25) is 0 Å². The summed E-state index contributed by atoms with van der Waals surface area (Å²) < 4.78 is 13.2. The first-order chi connectivity index (χ1) is 9.22. The fourth-order valence-corrected chi connectivity index (χ4v) is 3.53. The van der Waals surface area contributed by atoms with Crippen LogP contribution < -0.4 is 5.32 Å². The molecule has 1 aromatic rings. The third-order valence-electron chi connectivity index (χ3n) is 4.41. The lowest BCUT2D eigenvalue weighted by molar-refractivity contribution is 0.166. The first kappa shape index (κ1) is 13.3. The zero-order valence-corrected chi connectivity index (χ0v) is 11.8. The van der Waals surface area contributed by atoms with E-state index in [1.54, 1.807) is 6.07 Å². The third kappa shape index (κ3) is 3.10. The highest BCUT2D eigenvalue weighted by Gasteiger charge is 2.31. The molecule has 0 bridgehead atoms. The maximum atomic E-state index is 13.2. The minimum Gasteiger partial charge on any atom is -0.310 e. The predicted octanol–water partition coefficient (Wildman–Crippen LogP) is 3.20. The highest BCUT2D eigenvalue weighted by atomic mass is 35.5. The number of piperidine rings is 1. The largest absolute Gasteiger partial charge is 0.310 e. The Morgan fingerprint density at radius 1 is 1.32 bits per heavy atom. The monoisotopic (exact) mass is 282 g/mol. The van der Waals surface area contributed by atoms with Crippen molar-refractivity contribution in [2.45, 2.75) is 44.3 Å². The predicted molar refractivity (Wildman–Crippen MR) is 75.9 cm³/mol. The van der Waals surface area contributed by atoms with Gasteiger partial charge in [-0.1, -0.05) is 11.6 Å². The van der Waals surface area contributed by atoms with Gasteiger partial charge in [0, 0.05) is 23.7 Å². The van der Waals surface area contributed by atoms with E-state index < -0.39 is 0 Å². The number of benzene rings is 1. The molecule has 0 aromatic heterocycles. The molecular weight excluding hydrogens is 263 g/mol. The van der Waals surface area contributed by atoms with E-state index in [1.165, 1.54) is 50.9 Å². The van der Waals surface area contributed by atoms with Gasteiger partial charge in [0.05, 0.1) is 0 Å². The Kier molecular flexibility index (Phi) is 4.06. The highest BCUT2D eigenvalue weighted by Crippen LogP contribution is 2.27. The van der Waals surface area contributed by atoms with Crippen molar-refractivity contribution in [1.29, 1.82) is 0 Å². The molecule has 1 N–H and O–H groups in total. The second-order valence-electron chi connectivity index (χ2n) is 5.67. The van der Waals surface area contributed by atoms with Crippen LogP contribution in [-0.4, -0.2) is 30.1 Å². The lowest BCUT2D eigenvalue weighted by atomic mass is 9.97. The molecule has 4 heteroatoms. The van der Waals surface area contributed by atoms with Gasteiger partial charge in [0.2, 0.25) is 0 Å². The summed E-state index contributed by atoms with van der Waals surface area (Å²) in [5.74, 6) is -0.216. The molecule has 104 valence electrons. The van der Waals surface area contributed by atoms with Gasteiger partial charge in [0.15, 0.2) is 0 Å². The van der Waals surface area contributed by atoms with Crippen LogP contribution >= 0.6 is 11.6 Å². The molecule has 1 aromatic carbocycles. The van der Waals surface area contributed by atoms with Crippen LogP contribution in [0, 0.1) is 5.82 Å². The quantitative estimate of drug-likeness (QED) is 0.916. The lowest BCUT2D eigenvalue weighted by Gasteiger charge is -2.35. The van der Waals surface area contributed by atoms with Crippen LogP contribution in [0.4, 0.5) is 4.39 Å². The number of nitrogens with one attached hydrogen (secondary N) is 1. The SMILES string of the molecule is Fc1ccc(Cl)c(CNC2CCN3CCCC3C2)c1. The number of hydrogen-bond acceptors (Lipinski definition) is 2. The van der Waals surface area contributed by atoms with Gasteiger partial charge in [-0.15, -0.1) is 0 Å². The Bertz CT molecular complexity index is 452. The van der Waals surface area contributed by atoms with Crippen LogP contribution in [0.2, 0.25) is 5.02 Å². The molecule has 0 saturated carbocycles. The average molecular weight is 283 g/mol. The minimum absolute atomic E-state index is 0.216. The van der Waals surface area contributed by atoms with Crippen LogP contribution in [0.1, 0.15) is 31.2 Å². The summed E-state index contributed by atoms with van der Waals surface area (Å²) in [6.07, 6.45) is 5.07. The van der Waals surface area contributed by atoms with Crippen LogP contribution in [0.25, 0.3) is 0 Å². The highest BCUT2D eigenvalue weighted by molar-refractivity contribution is 6.31. The summed E-state index contributed by atoms with van der Waals surface area (Å²) in [5, 5.41) is 4.19. The van der Waals surface area contributed by atoms with Gasteiger partial charge in [0.25, 0.3) is 0 Å². The molecule has 2 atom stereocenters. The van der Waals surface area contributed by atoms with E-state index >= 15 is 0 Å². The Balaban J connectivity index is 1.56. The van der Waals surface area contributed by atoms with Crippen molar-refractivity contribution in [1.82, 2.24) is 10.2 Å². The van der Waals surface area contributed by atoms with Crippen molar-refractivity contribution >= 4 is 11.6 Å². The Morgan fingerprint density at radius 2 is 2.21 bits per heavy atom. The number of halogens is 2. The van der Waals surface area contributed by atoms with E-state index in [-0.39, 0.29) is 5.82 Å². The molecule has 2 aliphatic heterocycles. The van der Waals surface area contributed by atoms with E-state index in [1.807, 2.05) is 0 Å². The molecule has 0 aliphatic carbocycles. The molecular formula is C15H20ClFN2. The van der Waals surface area contributed by atoms with Gasteiger partial charge < -0.3 is 10.2 Å². The number of hydrogen-bond donors (Lipinski definition) is 1. The molecule has 0 spiro atoms. The molecule has 2 unspecified atom stereocenters. The topological polar surface area (TPSA) is 15.3 Å². The molecule has 2 aliphatic rings. The molecule has 2 saturated heterocycles. The molecule has 0 radical (unpaired) electrons. The van der Waals surface area contributed by atoms with Crippen molar-refractivity contribution in [2.24, 2.45) is 0 Å². The van der Waals surface area contributed by atoms with E-state index in [0.29, 0.717) is 17.6 Å². The van der Waals surface area contributed by atoms with Crippen molar-refractivity contribution < 1.29 is 4.39 Å². The van der Waals surface area contributed by atoms with Crippen LogP contribution in [0.3, 0.4) is 0 Å². The Hall–Kier alpha value is -0.640. The van der Waals surface area contributed by atoms with Gasteiger partial charge in [-0.05, 0) is 62.5 Å². The Labute approximate surface area is 118 Å². The minimum atomic E-state index is -0.216. The molecule has 0 amide bonds. The van der Waals surface area contributed by atoms with Crippen molar-refractivity contribution in [2.75, 3.05) is 13.1 Å². The fraction of sp³-hybridized carbons (Fsp3) is 0.600. The second-order valence-corrected chi connectivity index (χ2v) is 6.08. The van der Waals surface area contributed by atoms with Gasteiger partial charge >= 0.3 is 0 Å². The zero-order valence-electron chi connectivity index (χ0n) is 11.0. The van der Waals surface area contributed by atoms with E-state index in [2.05, 4.69) is 10.2 Å². The maximum absolute atomic E-state index is 13.2. The van der Waals surface area contributed by atoms with E-state index in [4.69, 9.17) is 11.6 Å². The summed E-state index contributed by atoms with van der Waals surface area (Å²) in [6.45, 7) is 3.13. The van der Waals surface area contributed by atoms with Crippen LogP contribution in [0.5, 0.6) is 0 Å². The Morgan fingerprint density at radius 3 is 3.11 bits per heavy atom. The maximum Gasteiger partial charge on any atom is 0.123 e. The summed E-state index contributed by atoms with van der Waals surface area (Å²) in [4.78, 5) is 2.60. The lowest BCUT2D eigenvalue weighted by Crippen LogP contribution is -2.45. The zero-order chi connectivity index (χ0) is 13.2. The number of rotatable bonds is 3. The van der Waals surface area contributed by atoms with Crippen LogP contribution in [-0.2, 0) is 6.54 Å². The first-order valence-electron chi connectivity index (χ1n) is 7.14. The van der Waals surface area contributed by atoms with E-state index in [0.717, 1.165) is 11.6 Å². The summed E-state index contributed by atoms with van der Waals surface area (Å²) in [6, 6.07) is 5.86. The normalized spacial score (nSPS) is 27.5. The molecule has 2 fully saturated rings. The number of fused-ring (bicyclic) bond motifs is 1. The molecule has 2 heterocycles. The standard InChI is InChI=1S/C15H20ClFN2/c16-15-4-3-12(17)8-11(15)10-18-13-5-7-19-6-1-2-14(19)9-13/h3-4,8,13-14,18H,1-2,5-7,9-10H2.